The van der Waals surface area contributed by atoms with Crippen LogP contribution in [0.25, 0.3) is 27.7 Å². The first kappa shape index (κ1) is 24.0. The lowest BCUT2D eigenvalue weighted by atomic mass is 9.96. The van der Waals surface area contributed by atoms with E-state index in [0.717, 1.165) is 44.5 Å². The van der Waals surface area contributed by atoms with Crippen molar-refractivity contribution in [3.63, 3.8) is 0 Å². The fourth-order valence-corrected chi connectivity index (χ4v) is 4.18. The molecular formula is C29H29NO5. The number of amides is 1. The number of allylic oxidation sites excluding steroid dienone is 1. The van der Waals surface area contributed by atoms with Gasteiger partial charge >= 0.3 is 0 Å². The van der Waals surface area contributed by atoms with Gasteiger partial charge in [0, 0.05) is 28.2 Å². The smallest absolute Gasteiger partial charge is 0.248 e. The predicted octanol–water partition coefficient (Wildman–Crippen LogP) is 6.87. The van der Waals surface area contributed by atoms with Gasteiger partial charge in [0.1, 0.15) is 22.8 Å². The van der Waals surface area contributed by atoms with E-state index >= 15 is 0 Å². The molecular weight excluding hydrogens is 442 g/mol. The number of para-hydroxylation sites is 2. The van der Waals surface area contributed by atoms with Crippen LogP contribution in [0.15, 0.2) is 71.4 Å². The van der Waals surface area contributed by atoms with Gasteiger partial charge in [-0.25, -0.2) is 0 Å². The van der Waals surface area contributed by atoms with Crippen molar-refractivity contribution in [3.8, 4) is 28.4 Å². The fraction of sp³-hybridized carbons (Fsp3) is 0.207. The zero-order valence-electron chi connectivity index (χ0n) is 20.6. The molecule has 180 valence electrons. The molecule has 0 atom stereocenters. The Bertz CT molecular complexity index is 1400. The minimum Gasteiger partial charge on any atom is -0.497 e. The first-order valence-electron chi connectivity index (χ1n) is 11.4. The second kappa shape index (κ2) is 10.4. The van der Waals surface area contributed by atoms with E-state index in [1.54, 1.807) is 26.6 Å². The summed E-state index contributed by atoms with van der Waals surface area (Å²) in [4.78, 5) is 12.9. The topological polar surface area (TPSA) is 69.9 Å². The summed E-state index contributed by atoms with van der Waals surface area (Å²) in [5.74, 6) is 1.81. The molecule has 1 aromatic heterocycles. The number of hydrogen-bond acceptors (Lipinski definition) is 5. The summed E-state index contributed by atoms with van der Waals surface area (Å²) < 4.78 is 22.7. The minimum atomic E-state index is -0.255. The van der Waals surface area contributed by atoms with E-state index in [4.69, 9.17) is 18.6 Å². The van der Waals surface area contributed by atoms with Gasteiger partial charge in [-0.2, -0.15) is 0 Å². The van der Waals surface area contributed by atoms with E-state index in [-0.39, 0.29) is 5.91 Å². The highest BCUT2D eigenvalue weighted by Gasteiger charge is 2.19. The van der Waals surface area contributed by atoms with Gasteiger partial charge < -0.3 is 23.9 Å². The molecule has 6 nitrogen and oxygen atoms in total. The van der Waals surface area contributed by atoms with Crippen LogP contribution in [0.3, 0.4) is 0 Å². The summed E-state index contributed by atoms with van der Waals surface area (Å²) in [6.07, 6.45) is 3.31. The Morgan fingerprint density at radius 3 is 2.60 bits per heavy atom. The lowest BCUT2D eigenvalue weighted by Gasteiger charge is -2.14. The molecule has 1 heterocycles. The normalized spacial score (nSPS) is 11.4. The summed E-state index contributed by atoms with van der Waals surface area (Å²) in [6.45, 7) is 6.26. The second-order valence-corrected chi connectivity index (χ2v) is 8.09. The molecule has 0 aliphatic carbocycles. The van der Waals surface area contributed by atoms with Crippen molar-refractivity contribution in [1.29, 1.82) is 0 Å². The van der Waals surface area contributed by atoms with Crippen molar-refractivity contribution in [1.82, 2.24) is 0 Å². The van der Waals surface area contributed by atoms with Crippen LogP contribution in [-0.4, -0.2) is 26.7 Å². The maximum atomic E-state index is 12.9. The molecule has 0 aliphatic rings. The zero-order chi connectivity index (χ0) is 24.9. The van der Waals surface area contributed by atoms with Gasteiger partial charge in [-0.15, -0.1) is 0 Å². The summed E-state index contributed by atoms with van der Waals surface area (Å²) in [7, 11) is 3.26. The lowest BCUT2D eigenvalue weighted by molar-refractivity contribution is -0.111. The van der Waals surface area contributed by atoms with Gasteiger partial charge in [-0.1, -0.05) is 24.3 Å². The maximum absolute atomic E-state index is 12.9. The molecule has 0 spiro atoms. The summed E-state index contributed by atoms with van der Waals surface area (Å²) in [6, 6.07) is 17.2. The van der Waals surface area contributed by atoms with Crippen LogP contribution in [0.1, 0.15) is 25.0 Å². The summed E-state index contributed by atoms with van der Waals surface area (Å²) in [5, 5.41) is 3.85. The Labute approximate surface area is 205 Å². The van der Waals surface area contributed by atoms with Crippen molar-refractivity contribution in [2.45, 2.75) is 20.8 Å². The molecule has 35 heavy (non-hydrogen) atoms. The van der Waals surface area contributed by atoms with Crippen molar-refractivity contribution in [2.75, 3.05) is 26.1 Å². The number of furan rings is 1. The number of ether oxygens (including phenoxy) is 3. The van der Waals surface area contributed by atoms with Gasteiger partial charge in [-0.3, -0.25) is 4.79 Å². The van der Waals surface area contributed by atoms with E-state index in [9.17, 15) is 4.79 Å². The van der Waals surface area contributed by atoms with Crippen LogP contribution < -0.4 is 19.5 Å². The summed E-state index contributed by atoms with van der Waals surface area (Å²) in [5.41, 5.74) is 5.72. The Morgan fingerprint density at radius 1 is 1.06 bits per heavy atom. The Morgan fingerprint density at radius 2 is 1.86 bits per heavy atom. The molecule has 0 saturated heterocycles. The van der Waals surface area contributed by atoms with Crippen LogP contribution >= 0.6 is 0 Å². The van der Waals surface area contributed by atoms with Crippen LogP contribution in [0.4, 0.5) is 5.69 Å². The molecule has 0 aliphatic heterocycles. The zero-order valence-corrected chi connectivity index (χ0v) is 20.6. The Kier molecular flexibility index (Phi) is 7.11. The quantitative estimate of drug-likeness (QED) is 0.284. The van der Waals surface area contributed by atoms with Gasteiger partial charge in [0.05, 0.1) is 32.8 Å². The van der Waals surface area contributed by atoms with E-state index in [2.05, 4.69) is 5.32 Å². The largest absolute Gasteiger partial charge is 0.497 e. The number of hydrogen-bond donors (Lipinski definition) is 1. The standard InChI is InChI=1S/C29H29NO5/c1-6-34-26-13-8-7-12-25(26)30-27(31)14-18(2)22-16-23-24(20-10-9-11-21(15-20)32-4)17-35-29(23)19(3)28(22)33-5/h7-17H,6H2,1-5H3,(H,30,31)/b18-14+. The highest BCUT2D eigenvalue weighted by Crippen LogP contribution is 2.41. The van der Waals surface area contributed by atoms with Crippen molar-refractivity contribution >= 4 is 28.1 Å². The van der Waals surface area contributed by atoms with E-state index in [0.29, 0.717) is 23.8 Å². The van der Waals surface area contributed by atoms with Crippen LogP contribution in [0, 0.1) is 6.92 Å². The number of anilines is 1. The molecule has 0 saturated carbocycles. The monoisotopic (exact) mass is 471 g/mol. The molecule has 1 amide bonds. The van der Waals surface area contributed by atoms with Gasteiger partial charge in [-0.05, 0) is 62.2 Å². The number of fused-ring (bicyclic) bond motifs is 1. The van der Waals surface area contributed by atoms with Gasteiger partial charge in [0.15, 0.2) is 0 Å². The third-order valence-corrected chi connectivity index (χ3v) is 5.85. The third-order valence-electron chi connectivity index (χ3n) is 5.85. The highest BCUT2D eigenvalue weighted by atomic mass is 16.5. The van der Waals surface area contributed by atoms with Crippen LogP contribution in [0.2, 0.25) is 0 Å². The highest BCUT2D eigenvalue weighted by molar-refractivity contribution is 6.06. The summed E-state index contributed by atoms with van der Waals surface area (Å²) >= 11 is 0. The van der Waals surface area contributed by atoms with Crippen molar-refractivity contribution < 1.29 is 23.4 Å². The number of nitrogens with one attached hydrogen (secondary N) is 1. The molecule has 0 bridgehead atoms. The number of carbonyl (C=O) groups excluding carboxylic acids is 1. The number of methoxy groups -OCH3 is 2. The maximum Gasteiger partial charge on any atom is 0.248 e. The van der Waals surface area contributed by atoms with Crippen LogP contribution in [0.5, 0.6) is 17.2 Å². The first-order valence-corrected chi connectivity index (χ1v) is 11.4. The number of aryl methyl sites for hydroxylation is 1. The van der Waals surface area contributed by atoms with E-state index in [1.807, 2.05) is 75.4 Å². The molecule has 0 fully saturated rings. The average molecular weight is 472 g/mol. The molecule has 3 aromatic carbocycles. The minimum absolute atomic E-state index is 0.255. The fourth-order valence-electron chi connectivity index (χ4n) is 4.18. The lowest BCUT2D eigenvalue weighted by Crippen LogP contribution is -2.10. The molecule has 0 radical (unpaired) electrons. The van der Waals surface area contributed by atoms with Gasteiger partial charge in [0.25, 0.3) is 0 Å². The number of rotatable bonds is 8. The molecule has 6 heteroatoms. The van der Waals surface area contributed by atoms with E-state index in [1.165, 1.54) is 0 Å². The Hall–Kier alpha value is -4.19. The van der Waals surface area contributed by atoms with Gasteiger partial charge in [0.2, 0.25) is 5.91 Å². The van der Waals surface area contributed by atoms with Crippen molar-refractivity contribution in [2.24, 2.45) is 0 Å². The second-order valence-electron chi connectivity index (χ2n) is 8.09. The molecule has 4 aromatic rings. The van der Waals surface area contributed by atoms with E-state index < -0.39 is 0 Å². The molecule has 1 N–H and O–H groups in total. The third kappa shape index (κ3) is 4.87. The molecule has 0 unspecified atom stereocenters. The van der Waals surface area contributed by atoms with Crippen molar-refractivity contribution in [3.05, 3.63) is 78.1 Å². The number of benzene rings is 3. The number of carbonyl (C=O) groups is 1. The Balaban J connectivity index is 1.75. The van der Waals surface area contributed by atoms with Crippen LogP contribution in [-0.2, 0) is 4.79 Å². The molecule has 4 rings (SSSR count). The average Bonchev–Trinajstić information content (AvgIpc) is 3.29. The SMILES string of the molecule is CCOc1ccccc1NC(=O)/C=C(\C)c1cc2c(-c3cccc(OC)c3)coc2c(C)c1OC. The predicted molar refractivity (Wildman–Crippen MR) is 139 cm³/mol. The first-order chi connectivity index (χ1) is 17.0.